The molecule has 0 bridgehead atoms. The van der Waals surface area contributed by atoms with Crippen LogP contribution < -0.4 is 10.1 Å². The van der Waals surface area contributed by atoms with Gasteiger partial charge in [0.15, 0.2) is 5.78 Å². The molecule has 0 saturated heterocycles. The summed E-state index contributed by atoms with van der Waals surface area (Å²) in [6.45, 7) is 1.48. The quantitative estimate of drug-likeness (QED) is 0.838. The highest BCUT2D eigenvalue weighted by molar-refractivity contribution is 6.36. The summed E-state index contributed by atoms with van der Waals surface area (Å²) in [6.07, 6.45) is 0. The van der Waals surface area contributed by atoms with E-state index in [2.05, 4.69) is 5.32 Å². The lowest BCUT2D eigenvalue weighted by Crippen LogP contribution is -2.13. The zero-order valence-corrected chi connectivity index (χ0v) is 13.5. The van der Waals surface area contributed by atoms with Crippen LogP contribution in [0, 0.1) is 0 Å². The summed E-state index contributed by atoms with van der Waals surface area (Å²) in [4.78, 5) is 23.6. The molecule has 2 aromatic carbocycles. The molecular formula is C16H13Cl2NO3. The second kappa shape index (κ2) is 6.81. The van der Waals surface area contributed by atoms with Crippen LogP contribution in [0.4, 0.5) is 5.69 Å². The first-order valence-electron chi connectivity index (χ1n) is 6.37. The molecule has 1 amide bonds. The molecule has 1 N–H and O–H groups in total. The molecule has 0 aliphatic carbocycles. The number of rotatable bonds is 4. The van der Waals surface area contributed by atoms with Crippen molar-refractivity contribution in [1.82, 2.24) is 0 Å². The summed E-state index contributed by atoms with van der Waals surface area (Å²) < 4.78 is 5.14. The van der Waals surface area contributed by atoms with Crippen LogP contribution in [-0.2, 0) is 0 Å². The summed E-state index contributed by atoms with van der Waals surface area (Å²) in [7, 11) is 1.42. The Morgan fingerprint density at radius 3 is 2.27 bits per heavy atom. The number of carbonyl (C=O) groups is 2. The first-order chi connectivity index (χ1) is 10.4. The van der Waals surface area contributed by atoms with Crippen molar-refractivity contribution in [1.29, 1.82) is 0 Å². The molecule has 0 spiro atoms. The summed E-state index contributed by atoms with van der Waals surface area (Å²) in [5.41, 5.74) is 1.35. The summed E-state index contributed by atoms with van der Waals surface area (Å²) in [5.74, 6) is -0.193. The van der Waals surface area contributed by atoms with E-state index in [4.69, 9.17) is 27.9 Å². The molecule has 0 aliphatic rings. The van der Waals surface area contributed by atoms with Gasteiger partial charge in [-0.2, -0.15) is 0 Å². The number of hydrogen-bond acceptors (Lipinski definition) is 3. The number of methoxy groups -OCH3 is 1. The molecule has 0 radical (unpaired) electrons. The minimum atomic E-state index is -0.406. The van der Waals surface area contributed by atoms with Crippen molar-refractivity contribution in [2.45, 2.75) is 6.92 Å². The Morgan fingerprint density at radius 2 is 1.73 bits per heavy atom. The van der Waals surface area contributed by atoms with Gasteiger partial charge in [0.05, 0.1) is 17.7 Å². The lowest BCUT2D eigenvalue weighted by atomic mass is 10.1. The van der Waals surface area contributed by atoms with Crippen LogP contribution >= 0.6 is 23.2 Å². The first-order valence-corrected chi connectivity index (χ1v) is 7.13. The number of hydrogen-bond donors (Lipinski definition) is 1. The van der Waals surface area contributed by atoms with Gasteiger partial charge < -0.3 is 10.1 Å². The molecule has 22 heavy (non-hydrogen) atoms. The van der Waals surface area contributed by atoms with Gasteiger partial charge in [-0.05, 0) is 43.3 Å². The normalized spacial score (nSPS) is 10.2. The van der Waals surface area contributed by atoms with Crippen LogP contribution in [0.2, 0.25) is 10.0 Å². The predicted molar refractivity (Wildman–Crippen MR) is 87.4 cm³/mol. The van der Waals surface area contributed by atoms with Crippen LogP contribution in [0.1, 0.15) is 27.6 Å². The minimum absolute atomic E-state index is 0.0406. The molecule has 0 unspecified atom stereocenters. The smallest absolute Gasteiger partial charge is 0.259 e. The topological polar surface area (TPSA) is 55.4 Å². The molecule has 0 aromatic heterocycles. The number of carbonyl (C=O) groups excluding carboxylic acids is 2. The average Bonchev–Trinajstić information content (AvgIpc) is 2.47. The number of nitrogens with one attached hydrogen (secondary N) is 1. The Balaban J connectivity index is 2.27. The second-order valence-electron chi connectivity index (χ2n) is 4.56. The molecule has 114 valence electrons. The number of anilines is 1. The van der Waals surface area contributed by atoms with Gasteiger partial charge in [0.1, 0.15) is 5.75 Å². The van der Waals surface area contributed by atoms with E-state index in [0.717, 1.165) is 0 Å². The maximum Gasteiger partial charge on any atom is 0.259 e. The molecular weight excluding hydrogens is 325 g/mol. The highest BCUT2D eigenvalue weighted by Crippen LogP contribution is 2.32. The summed E-state index contributed by atoms with van der Waals surface area (Å²) in [6, 6.07) is 9.55. The van der Waals surface area contributed by atoms with E-state index in [1.54, 1.807) is 24.3 Å². The third-order valence-electron chi connectivity index (χ3n) is 3.01. The van der Waals surface area contributed by atoms with Crippen LogP contribution in [0.3, 0.4) is 0 Å². The van der Waals surface area contributed by atoms with Gasteiger partial charge in [-0.3, -0.25) is 9.59 Å². The van der Waals surface area contributed by atoms with Crippen molar-refractivity contribution in [2.75, 3.05) is 12.4 Å². The van der Waals surface area contributed by atoms with Crippen LogP contribution in [0.5, 0.6) is 5.75 Å². The van der Waals surface area contributed by atoms with Crippen LogP contribution in [-0.4, -0.2) is 18.8 Å². The van der Waals surface area contributed by atoms with E-state index in [1.165, 1.54) is 26.2 Å². The van der Waals surface area contributed by atoms with Crippen molar-refractivity contribution in [3.8, 4) is 5.75 Å². The lowest BCUT2D eigenvalue weighted by Gasteiger charge is -2.11. The third kappa shape index (κ3) is 3.59. The van der Waals surface area contributed by atoms with Crippen molar-refractivity contribution in [3.63, 3.8) is 0 Å². The highest BCUT2D eigenvalue weighted by atomic mass is 35.5. The summed E-state index contributed by atoms with van der Waals surface area (Å²) in [5, 5.41) is 3.30. The second-order valence-corrected chi connectivity index (χ2v) is 5.40. The standard InChI is InChI=1S/C16H13Cl2NO3/c1-9(20)10-3-5-12(6-4-10)19-16(21)13-7-11(17)8-14(18)15(13)22-2/h3-8H,1-2H3,(H,19,21). The Morgan fingerprint density at radius 1 is 1.09 bits per heavy atom. The van der Waals surface area contributed by atoms with Gasteiger partial charge in [-0.15, -0.1) is 0 Å². The van der Waals surface area contributed by atoms with Gasteiger partial charge in [0, 0.05) is 16.3 Å². The van der Waals surface area contributed by atoms with E-state index in [9.17, 15) is 9.59 Å². The van der Waals surface area contributed by atoms with Gasteiger partial charge >= 0.3 is 0 Å². The molecule has 4 nitrogen and oxygen atoms in total. The zero-order chi connectivity index (χ0) is 16.3. The Kier molecular flexibility index (Phi) is 5.06. The molecule has 0 fully saturated rings. The summed E-state index contributed by atoms with van der Waals surface area (Å²) >= 11 is 11.9. The predicted octanol–water partition coefficient (Wildman–Crippen LogP) is 4.46. The van der Waals surface area contributed by atoms with E-state index in [1.807, 2.05) is 0 Å². The average molecular weight is 338 g/mol. The monoisotopic (exact) mass is 337 g/mol. The van der Waals surface area contributed by atoms with Crippen molar-refractivity contribution >= 4 is 40.6 Å². The zero-order valence-electron chi connectivity index (χ0n) is 11.9. The minimum Gasteiger partial charge on any atom is -0.494 e. The number of halogens is 2. The SMILES string of the molecule is COc1c(Cl)cc(Cl)cc1C(=O)Nc1ccc(C(C)=O)cc1. The number of amides is 1. The maximum absolute atomic E-state index is 12.3. The number of benzene rings is 2. The number of ether oxygens (including phenoxy) is 1. The fraction of sp³-hybridized carbons (Fsp3) is 0.125. The van der Waals surface area contributed by atoms with E-state index in [-0.39, 0.29) is 22.1 Å². The third-order valence-corrected chi connectivity index (χ3v) is 3.51. The van der Waals surface area contributed by atoms with Gasteiger partial charge in [0.25, 0.3) is 5.91 Å². The van der Waals surface area contributed by atoms with E-state index >= 15 is 0 Å². The van der Waals surface area contributed by atoms with E-state index < -0.39 is 5.91 Å². The Hall–Kier alpha value is -2.04. The highest BCUT2D eigenvalue weighted by Gasteiger charge is 2.17. The largest absolute Gasteiger partial charge is 0.494 e. The molecule has 0 saturated carbocycles. The fourth-order valence-corrected chi connectivity index (χ4v) is 2.49. The molecule has 6 heteroatoms. The molecule has 0 heterocycles. The van der Waals surface area contributed by atoms with Gasteiger partial charge in [-0.1, -0.05) is 23.2 Å². The lowest BCUT2D eigenvalue weighted by molar-refractivity contribution is 0.101. The molecule has 2 aromatic rings. The van der Waals surface area contributed by atoms with Crippen molar-refractivity contribution in [2.24, 2.45) is 0 Å². The maximum atomic E-state index is 12.3. The Bertz CT molecular complexity index is 727. The van der Waals surface area contributed by atoms with E-state index in [0.29, 0.717) is 16.3 Å². The van der Waals surface area contributed by atoms with Gasteiger partial charge in [0.2, 0.25) is 0 Å². The van der Waals surface area contributed by atoms with Gasteiger partial charge in [-0.25, -0.2) is 0 Å². The van der Waals surface area contributed by atoms with Crippen molar-refractivity contribution < 1.29 is 14.3 Å². The fourth-order valence-electron chi connectivity index (χ4n) is 1.92. The van der Waals surface area contributed by atoms with Crippen molar-refractivity contribution in [3.05, 3.63) is 57.6 Å². The van der Waals surface area contributed by atoms with Crippen LogP contribution in [0.25, 0.3) is 0 Å². The first kappa shape index (κ1) is 16.3. The Labute approximate surface area is 138 Å². The molecule has 0 atom stereocenters. The number of ketones is 1. The molecule has 2 rings (SSSR count). The number of Topliss-reactive ketones (excluding diaryl/α,β-unsaturated/α-hetero) is 1. The molecule has 0 aliphatic heterocycles. The van der Waals surface area contributed by atoms with Crippen LogP contribution in [0.15, 0.2) is 36.4 Å².